The SMILES string of the molecule is COc1ccc(NC(=O)CNC(=O)c2ccccc2C)cn1. The minimum atomic E-state index is -0.325. The highest BCUT2D eigenvalue weighted by Crippen LogP contribution is 2.10. The summed E-state index contributed by atoms with van der Waals surface area (Å²) in [5.74, 6) is -0.138. The summed E-state index contributed by atoms with van der Waals surface area (Å²) in [4.78, 5) is 27.8. The van der Waals surface area contributed by atoms with Gasteiger partial charge < -0.3 is 15.4 Å². The number of methoxy groups -OCH3 is 1. The predicted molar refractivity (Wildman–Crippen MR) is 82.9 cm³/mol. The van der Waals surface area contributed by atoms with Crippen LogP contribution in [0.15, 0.2) is 42.6 Å². The van der Waals surface area contributed by atoms with Crippen molar-refractivity contribution in [3.8, 4) is 5.88 Å². The van der Waals surface area contributed by atoms with Gasteiger partial charge in [-0.3, -0.25) is 9.59 Å². The van der Waals surface area contributed by atoms with Gasteiger partial charge in [0, 0.05) is 11.6 Å². The van der Waals surface area contributed by atoms with E-state index in [1.54, 1.807) is 24.3 Å². The molecule has 1 aromatic carbocycles. The zero-order chi connectivity index (χ0) is 15.9. The van der Waals surface area contributed by atoms with E-state index in [1.165, 1.54) is 13.3 Å². The van der Waals surface area contributed by atoms with Crippen molar-refractivity contribution in [3.63, 3.8) is 0 Å². The summed E-state index contributed by atoms with van der Waals surface area (Å²) < 4.78 is 4.93. The number of nitrogens with zero attached hydrogens (tertiary/aromatic N) is 1. The zero-order valence-corrected chi connectivity index (χ0v) is 12.4. The third-order valence-electron chi connectivity index (χ3n) is 3.03. The van der Waals surface area contributed by atoms with Gasteiger partial charge in [0.1, 0.15) is 0 Å². The van der Waals surface area contributed by atoms with E-state index in [0.717, 1.165) is 5.56 Å². The van der Waals surface area contributed by atoms with Crippen LogP contribution < -0.4 is 15.4 Å². The molecule has 114 valence electrons. The number of anilines is 1. The topological polar surface area (TPSA) is 80.3 Å². The van der Waals surface area contributed by atoms with Gasteiger partial charge in [0.05, 0.1) is 25.5 Å². The molecule has 22 heavy (non-hydrogen) atoms. The molecular formula is C16H17N3O3. The first-order chi connectivity index (χ1) is 10.6. The van der Waals surface area contributed by atoms with Crippen molar-refractivity contribution in [2.75, 3.05) is 19.0 Å². The first kappa shape index (κ1) is 15.5. The number of rotatable bonds is 5. The van der Waals surface area contributed by atoms with Crippen molar-refractivity contribution in [1.82, 2.24) is 10.3 Å². The number of carbonyl (C=O) groups is 2. The monoisotopic (exact) mass is 299 g/mol. The van der Waals surface area contributed by atoms with Gasteiger partial charge in [0.15, 0.2) is 0 Å². The van der Waals surface area contributed by atoms with Crippen molar-refractivity contribution < 1.29 is 14.3 Å². The van der Waals surface area contributed by atoms with Crippen molar-refractivity contribution in [2.24, 2.45) is 0 Å². The molecule has 2 N–H and O–H groups in total. The van der Waals surface area contributed by atoms with Gasteiger partial charge in [0.2, 0.25) is 11.8 Å². The average Bonchev–Trinajstić information content (AvgIpc) is 2.54. The number of aromatic nitrogens is 1. The fraction of sp³-hybridized carbons (Fsp3) is 0.188. The highest BCUT2D eigenvalue weighted by atomic mass is 16.5. The Morgan fingerprint density at radius 1 is 1.18 bits per heavy atom. The Bertz CT molecular complexity index is 669. The third-order valence-corrected chi connectivity index (χ3v) is 3.03. The molecule has 0 aliphatic heterocycles. The normalized spacial score (nSPS) is 9.91. The summed E-state index contributed by atoms with van der Waals surface area (Å²) in [6, 6.07) is 10.5. The number of ether oxygens (including phenoxy) is 1. The first-order valence-corrected chi connectivity index (χ1v) is 6.74. The lowest BCUT2D eigenvalue weighted by atomic mass is 10.1. The van der Waals surface area contributed by atoms with Crippen LogP contribution in [-0.2, 0) is 4.79 Å². The molecule has 0 bridgehead atoms. The van der Waals surface area contributed by atoms with E-state index in [9.17, 15) is 9.59 Å². The number of amides is 2. The average molecular weight is 299 g/mol. The molecule has 0 atom stereocenters. The second-order valence-electron chi connectivity index (χ2n) is 4.64. The standard InChI is InChI=1S/C16H17N3O3/c1-11-5-3-4-6-13(11)16(21)18-10-14(20)19-12-7-8-15(22-2)17-9-12/h3-9H,10H2,1-2H3,(H,18,21)(H,19,20). The lowest BCUT2D eigenvalue weighted by molar-refractivity contribution is -0.115. The summed E-state index contributed by atoms with van der Waals surface area (Å²) in [6.07, 6.45) is 1.49. The van der Waals surface area contributed by atoms with Crippen LogP contribution in [0.5, 0.6) is 5.88 Å². The molecule has 6 heteroatoms. The summed E-state index contributed by atoms with van der Waals surface area (Å²) in [6.45, 7) is 1.73. The smallest absolute Gasteiger partial charge is 0.251 e. The largest absolute Gasteiger partial charge is 0.481 e. The Hall–Kier alpha value is -2.89. The van der Waals surface area contributed by atoms with Crippen LogP contribution in [0.1, 0.15) is 15.9 Å². The van der Waals surface area contributed by atoms with E-state index in [1.807, 2.05) is 19.1 Å². The molecule has 0 radical (unpaired) electrons. The number of carbonyl (C=O) groups excluding carboxylic acids is 2. The van der Waals surface area contributed by atoms with Crippen LogP contribution >= 0.6 is 0 Å². The maximum Gasteiger partial charge on any atom is 0.251 e. The molecule has 0 saturated heterocycles. The molecule has 1 heterocycles. The molecule has 0 aliphatic rings. The van der Waals surface area contributed by atoms with Crippen LogP contribution in [-0.4, -0.2) is 30.5 Å². The maximum absolute atomic E-state index is 12.0. The number of hydrogen-bond acceptors (Lipinski definition) is 4. The molecule has 0 saturated carbocycles. The van der Waals surface area contributed by atoms with Crippen LogP contribution in [0, 0.1) is 6.92 Å². The Labute approximate surface area is 128 Å². The van der Waals surface area contributed by atoms with E-state index >= 15 is 0 Å². The van der Waals surface area contributed by atoms with E-state index < -0.39 is 0 Å². The second kappa shape index (κ2) is 7.21. The second-order valence-corrected chi connectivity index (χ2v) is 4.64. The van der Waals surface area contributed by atoms with E-state index in [-0.39, 0.29) is 18.4 Å². The minimum absolute atomic E-state index is 0.112. The molecule has 2 aromatic rings. The Morgan fingerprint density at radius 2 is 1.95 bits per heavy atom. The number of nitrogens with one attached hydrogen (secondary N) is 2. The van der Waals surface area contributed by atoms with Crippen LogP contribution in [0.2, 0.25) is 0 Å². The van der Waals surface area contributed by atoms with Gasteiger partial charge in [-0.1, -0.05) is 18.2 Å². The van der Waals surface area contributed by atoms with Crippen LogP contribution in [0.3, 0.4) is 0 Å². The highest BCUT2D eigenvalue weighted by Gasteiger charge is 2.10. The Kier molecular flexibility index (Phi) is 5.08. The quantitative estimate of drug-likeness (QED) is 0.881. The van der Waals surface area contributed by atoms with E-state index in [4.69, 9.17) is 4.74 Å². The number of benzene rings is 1. The fourth-order valence-corrected chi connectivity index (χ4v) is 1.86. The van der Waals surface area contributed by atoms with Gasteiger partial charge in [-0.05, 0) is 24.6 Å². The molecule has 2 rings (SSSR count). The van der Waals surface area contributed by atoms with E-state index in [0.29, 0.717) is 17.1 Å². The van der Waals surface area contributed by atoms with Crippen molar-refractivity contribution >= 4 is 17.5 Å². The first-order valence-electron chi connectivity index (χ1n) is 6.74. The van der Waals surface area contributed by atoms with Crippen molar-refractivity contribution in [1.29, 1.82) is 0 Å². The van der Waals surface area contributed by atoms with Crippen molar-refractivity contribution in [2.45, 2.75) is 6.92 Å². The lowest BCUT2D eigenvalue weighted by Crippen LogP contribution is -2.33. The minimum Gasteiger partial charge on any atom is -0.481 e. The molecule has 6 nitrogen and oxygen atoms in total. The van der Waals surface area contributed by atoms with Gasteiger partial charge >= 0.3 is 0 Å². The third kappa shape index (κ3) is 4.05. The summed E-state index contributed by atoms with van der Waals surface area (Å²) in [7, 11) is 1.52. The highest BCUT2D eigenvalue weighted by molar-refractivity contribution is 6.00. The summed E-state index contributed by atoms with van der Waals surface area (Å²) in [5.41, 5.74) is 1.96. The van der Waals surface area contributed by atoms with Gasteiger partial charge in [-0.25, -0.2) is 4.98 Å². The van der Waals surface area contributed by atoms with Gasteiger partial charge in [0.25, 0.3) is 5.91 Å². The molecule has 0 fully saturated rings. The Morgan fingerprint density at radius 3 is 2.59 bits per heavy atom. The molecular weight excluding hydrogens is 282 g/mol. The van der Waals surface area contributed by atoms with Gasteiger partial charge in [-0.2, -0.15) is 0 Å². The zero-order valence-electron chi connectivity index (χ0n) is 12.4. The molecule has 0 spiro atoms. The number of aryl methyl sites for hydroxylation is 1. The lowest BCUT2D eigenvalue weighted by Gasteiger charge is -2.08. The fourth-order valence-electron chi connectivity index (χ4n) is 1.86. The number of hydrogen-bond donors (Lipinski definition) is 2. The van der Waals surface area contributed by atoms with Crippen molar-refractivity contribution in [3.05, 3.63) is 53.7 Å². The van der Waals surface area contributed by atoms with E-state index in [2.05, 4.69) is 15.6 Å². The molecule has 0 aliphatic carbocycles. The summed E-state index contributed by atoms with van der Waals surface area (Å²) >= 11 is 0. The van der Waals surface area contributed by atoms with Gasteiger partial charge in [-0.15, -0.1) is 0 Å². The summed E-state index contributed by atoms with van der Waals surface area (Å²) in [5, 5.41) is 5.23. The van der Waals surface area contributed by atoms with Crippen LogP contribution in [0.4, 0.5) is 5.69 Å². The molecule has 0 unspecified atom stereocenters. The molecule has 2 amide bonds. The number of pyridine rings is 1. The predicted octanol–water partition coefficient (Wildman–Crippen LogP) is 1.77. The maximum atomic E-state index is 12.0. The van der Waals surface area contributed by atoms with Crippen LogP contribution in [0.25, 0.3) is 0 Å². The molecule has 1 aromatic heterocycles. The Balaban J connectivity index is 1.87.